The van der Waals surface area contributed by atoms with Gasteiger partial charge >= 0.3 is 0 Å². The average Bonchev–Trinajstić information content (AvgIpc) is 2.81. The van der Waals surface area contributed by atoms with E-state index in [-0.39, 0.29) is 23.4 Å². The predicted octanol–water partition coefficient (Wildman–Crippen LogP) is 4.16. The van der Waals surface area contributed by atoms with Crippen LogP contribution < -0.4 is 0 Å². The highest BCUT2D eigenvalue weighted by Gasteiger charge is 2.26. The van der Waals surface area contributed by atoms with E-state index in [1.54, 1.807) is 6.07 Å². The van der Waals surface area contributed by atoms with Crippen molar-refractivity contribution in [2.75, 3.05) is 0 Å². The molecule has 106 valence electrons. The highest BCUT2D eigenvalue weighted by atomic mass is 79.9. The lowest BCUT2D eigenvalue weighted by Crippen LogP contribution is -2.17. The van der Waals surface area contributed by atoms with Gasteiger partial charge in [0.15, 0.2) is 5.78 Å². The number of hydrogen-bond acceptors (Lipinski definition) is 4. The van der Waals surface area contributed by atoms with Gasteiger partial charge in [0.25, 0.3) is 0 Å². The first kappa shape index (κ1) is 15.3. The normalized spacial score (nSPS) is 11.7. The first-order valence-electron chi connectivity index (χ1n) is 6.09. The van der Waals surface area contributed by atoms with Gasteiger partial charge in [0.2, 0.25) is 0 Å². The molecule has 1 aromatic carbocycles. The van der Waals surface area contributed by atoms with E-state index >= 15 is 0 Å². The fourth-order valence-electron chi connectivity index (χ4n) is 1.78. The fourth-order valence-corrected chi connectivity index (χ4v) is 3.09. The second-order valence-corrected chi connectivity index (χ2v) is 7.14. The summed E-state index contributed by atoms with van der Waals surface area (Å²) in [5, 5.41) is 4.06. The van der Waals surface area contributed by atoms with Gasteiger partial charge in [-0.05, 0) is 29.2 Å². The Hall–Kier alpha value is -1.14. The highest BCUT2D eigenvalue weighted by Crippen LogP contribution is 2.28. The van der Waals surface area contributed by atoms with Gasteiger partial charge in [0.1, 0.15) is 10.7 Å². The van der Waals surface area contributed by atoms with Crippen molar-refractivity contribution in [1.82, 2.24) is 9.59 Å². The zero-order valence-electron chi connectivity index (χ0n) is 11.4. The third-order valence-corrected chi connectivity index (χ3v) is 4.32. The molecule has 20 heavy (non-hydrogen) atoms. The van der Waals surface area contributed by atoms with Crippen molar-refractivity contribution in [3.8, 4) is 0 Å². The summed E-state index contributed by atoms with van der Waals surface area (Å²) in [5.74, 6) is -0.375. The van der Waals surface area contributed by atoms with Crippen LogP contribution in [0.1, 0.15) is 41.7 Å². The smallest absolute Gasteiger partial charge is 0.180 e. The molecule has 1 heterocycles. The van der Waals surface area contributed by atoms with Gasteiger partial charge < -0.3 is 0 Å². The van der Waals surface area contributed by atoms with Gasteiger partial charge in [0, 0.05) is 16.3 Å². The minimum Gasteiger partial charge on any atom is -0.293 e. The van der Waals surface area contributed by atoms with Crippen LogP contribution in [0.5, 0.6) is 0 Å². The number of carbonyl (C=O) groups excluding carboxylic acids is 1. The largest absolute Gasteiger partial charge is 0.293 e. The molecule has 0 radical (unpaired) electrons. The van der Waals surface area contributed by atoms with Crippen molar-refractivity contribution in [3.63, 3.8) is 0 Å². The minimum absolute atomic E-state index is 0.0442. The quantitative estimate of drug-likeness (QED) is 0.775. The molecule has 0 saturated carbocycles. The molecular formula is C14H14BrFN2OS. The maximum atomic E-state index is 13.0. The van der Waals surface area contributed by atoms with E-state index in [0.29, 0.717) is 15.0 Å². The lowest BCUT2D eigenvalue weighted by molar-refractivity contribution is 0.0994. The van der Waals surface area contributed by atoms with Crippen LogP contribution in [0.3, 0.4) is 0 Å². The average molecular weight is 357 g/mol. The molecule has 1 aromatic heterocycles. The van der Waals surface area contributed by atoms with E-state index in [9.17, 15) is 9.18 Å². The molecule has 0 amide bonds. The van der Waals surface area contributed by atoms with Crippen LogP contribution in [0.2, 0.25) is 0 Å². The van der Waals surface area contributed by atoms with Gasteiger partial charge in [-0.15, -0.1) is 5.10 Å². The summed E-state index contributed by atoms with van der Waals surface area (Å²) < 4.78 is 17.5. The van der Waals surface area contributed by atoms with Crippen LogP contribution in [0, 0.1) is 5.82 Å². The summed E-state index contributed by atoms with van der Waals surface area (Å²) >= 11 is 4.39. The molecule has 6 heteroatoms. The van der Waals surface area contributed by atoms with Crippen LogP contribution >= 0.6 is 27.5 Å². The molecule has 0 N–H and O–H groups in total. The molecule has 0 atom stereocenters. The monoisotopic (exact) mass is 356 g/mol. The summed E-state index contributed by atoms with van der Waals surface area (Å²) in [6.07, 6.45) is 0.202. The van der Waals surface area contributed by atoms with Gasteiger partial charge in [-0.3, -0.25) is 4.79 Å². The maximum absolute atomic E-state index is 13.0. The SMILES string of the molecule is CC(C)(C)c1nnsc1C(=O)Cc1ccc(F)cc1Br. The van der Waals surface area contributed by atoms with Gasteiger partial charge in [-0.2, -0.15) is 0 Å². The Morgan fingerprint density at radius 3 is 2.70 bits per heavy atom. The lowest BCUT2D eigenvalue weighted by atomic mass is 9.90. The number of rotatable bonds is 3. The Labute approximate surface area is 129 Å². The Morgan fingerprint density at radius 1 is 1.40 bits per heavy atom. The zero-order chi connectivity index (χ0) is 14.9. The van der Waals surface area contributed by atoms with Crippen LogP contribution in [0.25, 0.3) is 0 Å². The van der Waals surface area contributed by atoms with Crippen LogP contribution in [0.15, 0.2) is 22.7 Å². The molecular weight excluding hydrogens is 343 g/mol. The zero-order valence-corrected chi connectivity index (χ0v) is 13.8. The van der Waals surface area contributed by atoms with Crippen molar-refractivity contribution in [1.29, 1.82) is 0 Å². The Morgan fingerprint density at radius 2 is 2.10 bits per heavy atom. The van der Waals surface area contributed by atoms with Crippen molar-refractivity contribution in [2.24, 2.45) is 0 Å². The Balaban J connectivity index is 2.27. The van der Waals surface area contributed by atoms with Crippen LogP contribution in [-0.2, 0) is 11.8 Å². The van der Waals surface area contributed by atoms with Crippen LogP contribution in [-0.4, -0.2) is 15.4 Å². The number of nitrogens with zero attached hydrogens (tertiary/aromatic N) is 2. The molecule has 0 fully saturated rings. The number of ketones is 1. The van der Waals surface area contributed by atoms with E-state index in [1.165, 1.54) is 12.1 Å². The van der Waals surface area contributed by atoms with E-state index < -0.39 is 0 Å². The fraction of sp³-hybridized carbons (Fsp3) is 0.357. The number of Topliss-reactive ketones (excluding diaryl/α,β-unsaturated/α-hetero) is 1. The van der Waals surface area contributed by atoms with E-state index in [2.05, 4.69) is 25.5 Å². The molecule has 0 unspecified atom stereocenters. The second kappa shape index (κ2) is 5.69. The van der Waals surface area contributed by atoms with Gasteiger partial charge in [-0.25, -0.2) is 4.39 Å². The first-order valence-corrected chi connectivity index (χ1v) is 7.65. The van der Waals surface area contributed by atoms with E-state index in [4.69, 9.17) is 0 Å². The third kappa shape index (κ3) is 3.30. The summed E-state index contributed by atoms with van der Waals surface area (Å²) in [6, 6.07) is 4.32. The second-order valence-electron chi connectivity index (χ2n) is 5.54. The number of aromatic nitrogens is 2. The number of benzene rings is 1. The first-order chi connectivity index (χ1) is 9.29. The lowest BCUT2D eigenvalue weighted by Gasteiger charge is -2.16. The third-order valence-electron chi connectivity index (χ3n) is 2.82. The molecule has 0 bridgehead atoms. The molecule has 0 aliphatic heterocycles. The van der Waals surface area contributed by atoms with Crippen molar-refractivity contribution < 1.29 is 9.18 Å². The van der Waals surface area contributed by atoms with E-state index in [1.807, 2.05) is 20.8 Å². The van der Waals surface area contributed by atoms with Crippen molar-refractivity contribution >= 4 is 33.2 Å². The predicted molar refractivity (Wildman–Crippen MR) is 80.7 cm³/mol. The topological polar surface area (TPSA) is 42.9 Å². The van der Waals surface area contributed by atoms with Gasteiger partial charge in [-0.1, -0.05) is 47.3 Å². The van der Waals surface area contributed by atoms with Crippen molar-refractivity contribution in [3.05, 3.63) is 44.6 Å². The Bertz CT molecular complexity index is 649. The highest BCUT2D eigenvalue weighted by molar-refractivity contribution is 9.10. The molecule has 0 aliphatic carbocycles. The number of halogens is 2. The molecule has 0 saturated heterocycles. The molecule has 2 rings (SSSR count). The van der Waals surface area contributed by atoms with Crippen molar-refractivity contribution in [2.45, 2.75) is 32.6 Å². The number of hydrogen-bond donors (Lipinski definition) is 0. The van der Waals surface area contributed by atoms with E-state index in [0.717, 1.165) is 17.1 Å². The molecule has 0 spiro atoms. The Kier molecular flexibility index (Phi) is 4.34. The summed E-state index contributed by atoms with van der Waals surface area (Å²) in [6.45, 7) is 5.98. The van der Waals surface area contributed by atoms with Crippen LogP contribution in [0.4, 0.5) is 4.39 Å². The number of carbonyl (C=O) groups is 1. The summed E-state index contributed by atoms with van der Waals surface area (Å²) in [5.41, 5.74) is 1.24. The standard InChI is InChI=1S/C14H14BrFN2OS/c1-14(2,3)13-12(20-18-17-13)11(19)6-8-4-5-9(16)7-10(8)15/h4-5,7H,6H2,1-3H3. The molecule has 0 aliphatic rings. The van der Waals surface area contributed by atoms with Gasteiger partial charge in [0.05, 0.1) is 5.69 Å². The molecule has 3 nitrogen and oxygen atoms in total. The molecule has 2 aromatic rings. The summed E-state index contributed by atoms with van der Waals surface area (Å²) in [4.78, 5) is 13.0. The summed E-state index contributed by atoms with van der Waals surface area (Å²) in [7, 11) is 0. The minimum atomic E-state index is -0.331. The maximum Gasteiger partial charge on any atom is 0.180 e.